The Balaban J connectivity index is 2.08. The largest absolute Gasteiger partial charge is 0.493 e. The molecule has 29 heavy (non-hydrogen) atoms. The number of anilines is 2. The maximum absolute atomic E-state index is 12.6. The van der Waals surface area contributed by atoms with E-state index >= 15 is 0 Å². The van der Waals surface area contributed by atoms with Gasteiger partial charge in [0.05, 0.1) is 26.2 Å². The highest BCUT2D eigenvalue weighted by molar-refractivity contribution is 7.92. The molecule has 0 heterocycles. The van der Waals surface area contributed by atoms with E-state index in [2.05, 4.69) is 5.32 Å². The van der Waals surface area contributed by atoms with Gasteiger partial charge in [-0.15, -0.1) is 0 Å². The molecule has 1 N–H and O–H groups in total. The van der Waals surface area contributed by atoms with Crippen LogP contribution in [0, 0.1) is 0 Å². The fraction of sp³-hybridized carbons (Fsp3) is 0.350. The van der Waals surface area contributed by atoms with Gasteiger partial charge in [-0.1, -0.05) is 6.92 Å². The normalized spacial score (nSPS) is 12.0. The Kier molecular flexibility index (Phi) is 7.33. The molecule has 9 heteroatoms. The first-order valence-electron chi connectivity index (χ1n) is 8.93. The van der Waals surface area contributed by atoms with E-state index < -0.39 is 16.1 Å². The summed E-state index contributed by atoms with van der Waals surface area (Å²) in [4.78, 5) is 12.6. The van der Waals surface area contributed by atoms with Crippen LogP contribution in [0.1, 0.15) is 13.3 Å². The van der Waals surface area contributed by atoms with E-state index in [9.17, 15) is 13.2 Å². The van der Waals surface area contributed by atoms with Crippen molar-refractivity contribution in [2.45, 2.75) is 19.4 Å². The molecule has 1 atom stereocenters. The maximum Gasteiger partial charge on any atom is 0.265 e. The van der Waals surface area contributed by atoms with E-state index in [1.807, 2.05) is 6.92 Å². The summed E-state index contributed by atoms with van der Waals surface area (Å²) >= 11 is 0. The Morgan fingerprint density at radius 2 is 1.69 bits per heavy atom. The quantitative estimate of drug-likeness (QED) is 0.668. The second-order valence-electron chi connectivity index (χ2n) is 6.30. The second-order valence-corrected chi connectivity index (χ2v) is 8.31. The van der Waals surface area contributed by atoms with Crippen molar-refractivity contribution < 1.29 is 27.4 Å². The minimum atomic E-state index is -3.35. The number of sulfonamides is 1. The van der Waals surface area contributed by atoms with Crippen LogP contribution in [0.15, 0.2) is 42.5 Å². The van der Waals surface area contributed by atoms with Gasteiger partial charge in [0.1, 0.15) is 5.75 Å². The number of methoxy groups -OCH3 is 2. The average molecular weight is 423 g/mol. The minimum absolute atomic E-state index is 0.308. The van der Waals surface area contributed by atoms with Crippen molar-refractivity contribution in [2.75, 3.05) is 37.1 Å². The molecule has 0 aromatic heterocycles. The fourth-order valence-electron chi connectivity index (χ4n) is 2.55. The first kappa shape index (κ1) is 22.4. The summed E-state index contributed by atoms with van der Waals surface area (Å²) in [6, 6.07) is 11.6. The number of hydrogen-bond acceptors (Lipinski definition) is 6. The molecule has 2 aromatic rings. The van der Waals surface area contributed by atoms with Crippen molar-refractivity contribution in [1.29, 1.82) is 0 Å². The highest BCUT2D eigenvalue weighted by atomic mass is 32.2. The summed E-state index contributed by atoms with van der Waals surface area (Å²) in [5, 5.41) is 2.80. The molecule has 8 nitrogen and oxygen atoms in total. The molecular formula is C20H26N2O6S. The van der Waals surface area contributed by atoms with Gasteiger partial charge >= 0.3 is 0 Å². The summed E-state index contributed by atoms with van der Waals surface area (Å²) in [5.41, 5.74) is 1.06. The van der Waals surface area contributed by atoms with E-state index in [0.29, 0.717) is 35.0 Å². The molecule has 0 bridgehead atoms. The third-order valence-corrected chi connectivity index (χ3v) is 5.50. The van der Waals surface area contributed by atoms with Gasteiger partial charge in [-0.25, -0.2) is 8.42 Å². The number of carbonyl (C=O) groups excluding carboxylic acids is 1. The molecular weight excluding hydrogens is 396 g/mol. The van der Waals surface area contributed by atoms with Crippen molar-refractivity contribution in [3.8, 4) is 17.2 Å². The zero-order valence-corrected chi connectivity index (χ0v) is 17.9. The lowest BCUT2D eigenvalue weighted by Crippen LogP contribution is -2.32. The Bertz CT molecular complexity index is 944. The Morgan fingerprint density at radius 1 is 1.07 bits per heavy atom. The zero-order chi connectivity index (χ0) is 21.6. The van der Waals surface area contributed by atoms with Crippen molar-refractivity contribution in [3.05, 3.63) is 42.5 Å². The Morgan fingerprint density at radius 3 is 2.21 bits per heavy atom. The molecule has 158 valence electrons. The second kappa shape index (κ2) is 9.51. The number of amides is 1. The molecule has 0 fully saturated rings. The van der Waals surface area contributed by atoms with Gasteiger partial charge in [-0.2, -0.15) is 0 Å². The lowest BCUT2D eigenvalue weighted by Gasteiger charge is -2.19. The van der Waals surface area contributed by atoms with Crippen LogP contribution in [0.25, 0.3) is 0 Å². The van der Waals surface area contributed by atoms with Crippen molar-refractivity contribution in [1.82, 2.24) is 0 Å². The molecule has 0 radical (unpaired) electrons. The third-order valence-electron chi connectivity index (χ3n) is 4.29. The zero-order valence-electron chi connectivity index (χ0n) is 17.1. The van der Waals surface area contributed by atoms with Gasteiger partial charge in [0, 0.05) is 18.8 Å². The van der Waals surface area contributed by atoms with Crippen molar-refractivity contribution in [2.24, 2.45) is 0 Å². The number of nitrogens with one attached hydrogen (secondary N) is 1. The summed E-state index contributed by atoms with van der Waals surface area (Å²) in [6.07, 6.45) is 0.856. The van der Waals surface area contributed by atoms with Gasteiger partial charge in [-0.05, 0) is 42.8 Å². The first-order chi connectivity index (χ1) is 13.7. The predicted molar refractivity (Wildman–Crippen MR) is 113 cm³/mol. The van der Waals surface area contributed by atoms with Crippen molar-refractivity contribution >= 4 is 27.3 Å². The monoisotopic (exact) mass is 422 g/mol. The van der Waals surface area contributed by atoms with Crippen LogP contribution in [-0.2, 0) is 14.8 Å². The molecule has 0 aliphatic heterocycles. The van der Waals surface area contributed by atoms with E-state index in [-0.39, 0.29) is 5.91 Å². The molecule has 0 spiro atoms. The van der Waals surface area contributed by atoms with Gasteiger partial charge in [0.25, 0.3) is 5.91 Å². The lowest BCUT2D eigenvalue weighted by molar-refractivity contribution is -0.122. The molecule has 2 rings (SSSR count). The maximum atomic E-state index is 12.6. The van der Waals surface area contributed by atoms with Crippen LogP contribution in [0.5, 0.6) is 17.2 Å². The first-order valence-corrected chi connectivity index (χ1v) is 10.8. The lowest BCUT2D eigenvalue weighted by atomic mass is 10.2. The molecule has 1 amide bonds. The number of benzene rings is 2. The number of rotatable bonds is 9. The molecule has 0 aliphatic rings. The van der Waals surface area contributed by atoms with E-state index in [1.54, 1.807) is 42.5 Å². The predicted octanol–water partition coefficient (Wildman–Crippen LogP) is 2.90. The topological polar surface area (TPSA) is 94.2 Å². The Hall–Kier alpha value is -2.94. The Labute approximate surface area is 171 Å². The van der Waals surface area contributed by atoms with Crippen LogP contribution in [0.3, 0.4) is 0 Å². The number of carbonyl (C=O) groups is 1. The van der Waals surface area contributed by atoms with E-state index in [4.69, 9.17) is 14.2 Å². The highest BCUT2D eigenvalue weighted by Gasteiger charge is 2.20. The molecule has 2 aromatic carbocycles. The van der Waals surface area contributed by atoms with Gasteiger partial charge in [0.2, 0.25) is 10.0 Å². The molecule has 1 unspecified atom stereocenters. The number of hydrogen-bond donors (Lipinski definition) is 1. The van der Waals surface area contributed by atoms with Gasteiger partial charge < -0.3 is 19.5 Å². The number of ether oxygens (including phenoxy) is 3. The average Bonchev–Trinajstić information content (AvgIpc) is 2.70. The third kappa shape index (κ3) is 5.77. The SMILES string of the molecule is CCC(Oc1ccc(N(C)S(C)(=O)=O)cc1)C(=O)Nc1ccc(OC)c(OC)c1. The van der Waals surface area contributed by atoms with Crippen LogP contribution in [0.4, 0.5) is 11.4 Å². The van der Waals surface area contributed by atoms with E-state index in [1.165, 1.54) is 21.3 Å². The molecule has 0 aliphatic carbocycles. The smallest absolute Gasteiger partial charge is 0.265 e. The molecule has 0 saturated carbocycles. The highest BCUT2D eigenvalue weighted by Crippen LogP contribution is 2.30. The number of nitrogens with zero attached hydrogens (tertiary/aromatic N) is 1. The summed E-state index contributed by atoms with van der Waals surface area (Å²) in [6.45, 7) is 1.84. The summed E-state index contributed by atoms with van der Waals surface area (Å²) < 4.78 is 40.6. The fourth-order valence-corrected chi connectivity index (χ4v) is 3.05. The van der Waals surface area contributed by atoms with Crippen LogP contribution in [-0.4, -0.2) is 48.0 Å². The molecule has 0 saturated heterocycles. The van der Waals surface area contributed by atoms with Crippen LogP contribution < -0.4 is 23.8 Å². The summed E-state index contributed by atoms with van der Waals surface area (Å²) in [5.74, 6) is 1.22. The van der Waals surface area contributed by atoms with E-state index in [0.717, 1.165) is 10.6 Å². The standard InChI is InChI=1S/C20H26N2O6S/c1-6-17(20(23)21-14-7-12-18(26-3)19(13-14)27-4)28-16-10-8-15(9-11-16)22(2)29(5,24)25/h7-13,17H,6H2,1-5H3,(H,21,23). The summed E-state index contributed by atoms with van der Waals surface area (Å²) in [7, 11) is 1.18. The van der Waals surface area contributed by atoms with Crippen LogP contribution in [0.2, 0.25) is 0 Å². The van der Waals surface area contributed by atoms with Crippen LogP contribution >= 0.6 is 0 Å². The van der Waals surface area contributed by atoms with Crippen molar-refractivity contribution in [3.63, 3.8) is 0 Å². The van der Waals surface area contributed by atoms with Gasteiger partial charge in [-0.3, -0.25) is 9.10 Å². The van der Waals surface area contributed by atoms with Gasteiger partial charge in [0.15, 0.2) is 17.6 Å². The minimum Gasteiger partial charge on any atom is -0.493 e.